The molecule has 0 amide bonds. The molecule has 0 radical (unpaired) electrons. The van der Waals surface area contributed by atoms with Gasteiger partial charge in [0, 0.05) is 5.92 Å². The van der Waals surface area contributed by atoms with Gasteiger partial charge in [0.05, 0.1) is 0 Å². The Bertz CT molecular complexity index is 276. The Hall–Kier alpha value is -0.780. The molecule has 0 saturated heterocycles. The van der Waals surface area contributed by atoms with Gasteiger partial charge in [0.1, 0.15) is 0 Å². The lowest BCUT2D eigenvalue weighted by molar-refractivity contribution is 0.639. The van der Waals surface area contributed by atoms with Crippen molar-refractivity contribution in [3.05, 3.63) is 35.5 Å². The lowest BCUT2D eigenvalue weighted by atomic mass is 9.78. The quantitative estimate of drug-likeness (QED) is 0.529. The fraction of sp³-hybridized carbons (Fsp3) is 0.538. The molecule has 2 aliphatic rings. The van der Waals surface area contributed by atoms with Gasteiger partial charge in [-0.1, -0.05) is 43.7 Å². The third-order valence-electron chi connectivity index (χ3n) is 3.08. The number of hydrogen-bond donors (Lipinski definition) is 0. The Kier molecular flexibility index (Phi) is 2.39. The number of hydrogen-bond acceptors (Lipinski definition) is 0. The maximum absolute atomic E-state index is 2.39. The Morgan fingerprint density at radius 3 is 2.92 bits per heavy atom. The van der Waals surface area contributed by atoms with Crippen LogP contribution in [0.5, 0.6) is 0 Å². The average molecular weight is 174 g/mol. The van der Waals surface area contributed by atoms with Crippen molar-refractivity contribution in [3.63, 3.8) is 0 Å². The van der Waals surface area contributed by atoms with Crippen LogP contribution in [0, 0.1) is 11.8 Å². The Balaban J connectivity index is 2.35. The largest absolute Gasteiger partial charge is 0.0876 e. The van der Waals surface area contributed by atoms with Crippen LogP contribution in [-0.4, -0.2) is 0 Å². The summed E-state index contributed by atoms with van der Waals surface area (Å²) in [5.74, 6) is 1.43. The highest BCUT2D eigenvalue weighted by atomic mass is 14.3. The van der Waals surface area contributed by atoms with Gasteiger partial charge in [-0.3, -0.25) is 0 Å². The molecule has 0 aromatic carbocycles. The summed E-state index contributed by atoms with van der Waals surface area (Å²) in [6, 6.07) is 0. The van der Waals surface area contributed by atoms with Crippen molar-refractivity contribution < 1.29 is 0 Å². The van der Waals surface area contributed by atoms with E-state index < -0.39 is 0 Å². The normalized spacial score (nSPS) is 26.8. The van der Waals surface area contributed by atoms with Crippen LogP contribution in [-0.2, 0) is 0 Å². The van der Waals surface area contributed by atoms with Gasteiger partial charge in [-0.05, 0) is 30.8 Å². The van der Waals surface area contributed by atoms with Crippen LogP contribution < -0.4 is 0 Å². The van der Waals surface area contributed by atoms with Crippen LogP contribution in [0.3, 0.4) is 0 Å². The number of allylic oxidation sites excluding steroid dienone is 6. The van der Waals surface area contributed by atoms with Gasteiger partial charge in [0.25, 0.3) is 0 Å². The third kappa shape index (κ3) is 1.63. The zero-order valence-corrected chi connectivity index (χ0v) is 8.59. The third-order valence-corrected chi connectivity index (χ3v) is 3.08. The van der Waals surface area contributed by atoms with Crippen LogP contribution in [0.15, 0.2) is 35.5 Å². The first-order valence-electron chi connectivity index (χ1n) is 5.35. The predicted octanol–water partition coefficient (Wildman–Crippen LogP) is 3.87. The summed E-state index contributed by atoms with van der Waals surface area (Å²) in [5.41, 5.74) is 3.31. The van der Waals surface area contributed by atoms with E-state index in [2.05, 4.69) is 38.2 Å². The van der Waals surface area contributed by atoms with Crippen LogP contribution in [0.2, 0.25) is 0 Å². The molecule has 0 aliphatic heterocycles. The molecule has 0 aromatic heterocycles. The highest BCUT2D eigenvalue weighted by molar-refractivity contribution is 5.36. The standard InChI is InChI=1S/C13H18/c1-10(2)12-9-5-7-11-6-3-4-8-13(11)12/h3,5-6,9-11H,4,7-8H2,1-2H3. The van der Waals surface area contributed by atoms with Crippen LogP contribution in [0.4, 0.5) is 0 Å². The molecule has 0 N–H and O–H groups in total. The number of rotatable bonds is 1. The van der Waals surface area contributed by atoms with Gasteiger partial charge in [-0.25, -0.2) is 0 Å². The van der Waals surface area contributed by atoms with E-state index in [-0.39, 0.29) is 0 Å². The Labute approximate surface area is 81.0 Å². The first kappa shape index (κ1) is 8.80. The van der Waals surface area contributed by atoms with Gasteiger partial charge in [-0.2, -0.15) is 0 Å². The van der Waals surface area contributed by atoms with E-state index in [1.54, 1.807) is 11.1 Å². The highest BCUT2D eigenvalue weighted by Gasteiger charge is 2.20. The van der Waals surface area contributed by atoms with Gasteiger partial charge >= 0.3 is 0 Å². The van der Waals surface area contributed by atoms with Crippen LogP contribution in [0.1, 0.15) is 33.1 Å². The summed E-state index contributed by atoms with van der Waals surface area (Å²) in [5, 5.41) is 0. The second kappa shape index (κ2) is 3.53. The molecular formula is C13H18. The fourth-order valence-corrected chi connectivity index (χ4v) is 2.39. The minimum Gasteiger partial charge on any atom is -0.0876 e. The van der Waals surface area contributed by atoms with Crippen molar-refractivity contribution in [1.82, 2.24) is 0 Å². The summed E-state index contributed by atoms with van der Waals surface area (Å²) in [6.07, 6.45) is 13.2. The molecule has 0 saturated carbocycles. The van der Waals surface area contributed by atoms with Crippen molar-refractivity contribution in [2.45, 2.75) is 33.1 Å². The summed E-state index contributed by atoms with van der Waals surface area (Å²) >= 11 is 0. The monoisotopic (exact) mass is 174 g/mol. The molecule has 0 nitrogen and oxygen atoms in total. The molecule has 2 rings (SSSR count). The summed E-state index contributed by atoms with van der Waals surface area (Å²) in [7, 11) is 0. The zero-order chi connectivity index (χ0) is 9.26. The average Bonchev–Trinajstić information content (AvgIpc) is 2.17. The maximum atomic E-state index is 2.39. The lowest BCUT2D eigenvalue weighted by Crippen LogP contribution is -2.12. The van der Waals surface area contributed by atoms with Gasteiger partial charge in [0.2, 0.25) is 0 Å². The minimum absolute atomic E-state index is 0.695. The molecule has 70 valence electrons. The summed E-state index contributed by atoms with van der Waals surface area (Å²) in [4.78, 5) is 0. The van der Waals surface area contributed by atoms with Gasteiger partial charge in [-0.15, -0.1) is 0 Å². The van der Waals surface area contributed by atoms with E-state index in [0.29, 0.717) is 5.92 Å². The van der Waals surface area contributed by atoms with Crippen LogP contribution >= 0.6 is 0 Å². The van der Waals surface area contributed by atoms with E-state index in [9.17, 15) is 0 Å². The van der Waals surface area contributed by atoms with Crippen LogP contribution in [0.25, 0.3) is 0 Å². The van der Waals surface area contributed by atoms with Crippen molar-refractivity contribution in [3.8, 4) is 0 Å². The summed E-state index contributed by atoms with van der Waals surface area (Å²) in [6.45, 7) is 4.60. The topological polar surface area (TPSA) is 0 Å². The molecule has 0 aromatic rings. The molecule has 1 unspecified atom stereocenters. The fourth-order valence-electron chi connectivity index (χ4n) is 2.39. The van der Waals surface area contributed by atoms with Gasteiger partial charge in [0.15, 0.2) is 0 Å². The molecule has 0 fully saturated rings. The smallest absolute Gasteiger partial charge is 0.00174 e. The van der Waals surface area contributed by atoms with E-state index in [4.69, 9.17) is 0 Å². The molecule has 0 spiro atoms. The maximum Gasteiger partial charge on any atom is 0.00174 e. The first-order chi connectivity index (χ1) is 6.29. The zero-order valence-electron chi connectivity index (χ0n) is 8.59. The molecule has 0 heterocycles. The van der Waals surface area contributed by atoms with Crippen molar-refractivity contribution in [2.75, 3.05) is 0 Å². The van der Waals surface area contributed by atoms with E-state index in [0.717, 1.165) is 5.92 Å². The Morgan fingerprint density at radius 1 is 1.31 bits per heavy atom. The van der Waals surface area contributed by atoms with Crippen molar-refractivity contribution in [2.24, 2.45) is 11.8 Å². The Morgan fingerprint density at radius 2 is 2.15 bits per heavy atom. The van der Waals surface area contributed by atoms with Gasteiger partial charge < -0.3 is 0 Å². The summed E-state index contributed by atoms with van der Waals surface area (Å²) < 4.78 is 0. The first-order valence-corrected chi connectivity index (χ1v) is 5.35. The van der Waals surface area contributed by atoms with E-state index in [1.807, 2.05) is 0 Å². The van der Waals surface area contributed by atoms with Crippen molar-refractivity contribution >= 4 is 0 Å². The molecule has 13 heavy (non-hydrogen) atoms. The molecule has 0 heteroatoms. The minimum atomic E-state index is 0.695. The molecular weight excluding hydrogens is 156 g/mol. The second-order valence-electron chi connectivity index (χ2n) is 4.35. The number of fused-ring (bicyclic) bond motifs is 1. The van der Waals surface area contributed by atoms with E-state index in [1.165, 1.54) is 19.3 Å². The highest BCUT2D eigenvalue weighted by Crippen LogP contribution is 2.35. The van der Waals surface area contributed by atoms with E-state index >= 15 is 0 Å². The predicted molar refractivity (Wildman–Crippen MR) is 57.5 cm³/mol. The lowest BCUT2D eigenvalue weighted by Gasteiger charge is -2.27. The molecule has 0 bridgehead atoms. The van der Waals surface area contributed by atoms with Crippen molar-refractivity contribution in [1.29, 1.82) is 0 Å². The molecule has 2 aliphatic carbocycles. The second-order valence-corrected chi connectivity index (χ2v) is 4.35. The SMILES string of the molecule is CC(C)C1=C2CCC=CC2CC=C1. The molecule has 1 atom stereocenters.